The summed E-state index contributed by atoms with van der Waals surface area (Å²) in [6.45, 7) is 1.23. The Kier molecular flexibility index (Phi) is 3.40. The van der Waals surface area contributed by atoms with Gasteiger partial charge in [0.1, 0.15) is 5.78 Å². The number of hydrogen-bond donors (Lipinski definition) is 0. The zero-order valence-electron chi connectivity index (χ0n) is 7.98. The van der Waals surface area contributed by atoms with Crippen molar-refractivity contribution in [3.05, 3.63) is 0 Å². The molecule has 76 valence electrons. The van der Waals surface area contributed by atoms with Crippen LogP contribution in [0.5, 0.6) is 0 Å². The fourth-order valence-corrected chi connectivity index (χ4v) is 2.00. The molecule has 0 spiro atoms. The summed E-state index contributed by atoms with van der Waals surface area (Å²) in [6.07, 6.45) is 3.43. The Bertz CT molecular complexity index is 183. The molecule has 3 heteroatoms. The van der Waals surface area contributed by atoms with E-state index in [9.17, 15) is 13.6 Å². The molecule has 0 aromatic rings. The number of alkyl halides is 2. The summed E-state index contributed by atoms with van der Waals surface area (Å²) >= 11 is 0. The van der Waals surface area contributed by atoms with Gasteiger partial charge in [0.25, 0.3) is 5.92 Å². The maximum absolute atomic E-state index is 13.3. The van der Waals surface area contributed by atoms with Gasteiger partial charge in [-0.15, -0.1) is 0 Å². The lowest BCUT2D eigenvalue weighted by molar-refractivity contribution is -0.130. The highest BCUT2D eigenvalue weighted by Crippen LogP contribution is 2.38. The maximum Gasteiger partial charge on any atom is 0.257 e. The highest BCUT2D eigenvalue weighted by molar-refractivity contribution is 5.76. The van der Waals surface area contributed by atoms with Crippen molar-refractivity contribution in [3.63, 3.8) is 0 Å². The van der Waals surface area contributed by atoms with Crippen molar-refractivity contribution in [1.82, 2.24) is 0 Å². The first-order valence-electron chi connectivity index (χ1n) is 4.89. The first-order valence-corrected chi connectivity index (χ1v) is 4.89. The molecule has 0 amide bonds. The number of hydrogen-bond acceptors (Lipinski definition) is 1. The molecule has 1 fully saturated rings. The van der Waals surface area contributed by atoms with Crippen molar-refractivity contribution in [2.24, 2.45) is 5.92 Å². The Morgan fingerprint density at radius 1 is 1.31 bits per heavy atom. The molecule has 1 nitrogen and oxygen atoms in total. The first kappa shape index (κ1) is 10.6. The van der Waals surface area contributed by atoms with Crippen LogP contribution in [0.2, 0.25) is 0 Å². The number of rotatable bonds is 3. The van der Waals surface area contributed by atoms with Crippen molar-refractivity contribution in [2.45, 2.75) is 51.4 Å². The molecule has 0 aromatic heterocycles. The Labute approximate surface area is 77.5 Å². The Hall–Kier alpha value is -0.470. The van der Waals surface area contributed by atoms with Gasteiger partial charge >= 0.3 is 0 Å². The van der Waals surface area contributed by atoms with E-state index in [1.165, 1.54) is 6.92 Å². The van der Waals surface area contributed by atoms with Crippen LogP contribution in [-0.4, -0.2) is 11.7 Å². The average molecular weight is 190 g/mol. The molecular formula is C10H16F2O. The minimum Gasteiger partial charge on any atom is -0.300 e. The Balaban J connectivity index is 2.50. The van der Waals surface area contributed by atoms with Crippen LogP contribution < -0.4 is 0 Å². The van der Waals surface area contributed by atoms with Gasteiger partial charge in [-0.1, -0.05) is 19.3 Å². The van der Waals surface area contributed by atoms with Crippen LogP contribution in [-0.2, 0) is 4.79 Å². The predicted octanol–water partition coefficient (Wildman–Crippen LogP) is 3.18. The van der Waals surface area contributed by atoms with Gasteiger partial charge in [0.05, 0.1) is 6.42 Å². The molecule has 0 saturated heterocycles. The van der Waals surface area contributed by atoms with Gasteiger partial charge in [0.2, 0.25) is 0 Å². The molecule has 0 radical (unpaired) electrons. The van der Waals surface area contributed by atoms with Crippen molar-refractivity contribution in [3.8, 4) is 0 Å². The molecule has 0 N–H and O–H groups in total. The maximum atomic E-state index is 13.3. The molecule has 0 atom stereocenters. The van der Waals surface area contributed by atoms with Gasteiger partial charge in [-0.3, -0.25) is 4.79 Å². The summed E-state index contributed by atoms with van der Waals surface area (Å²) in [5, 5.41) is 0. The van der Waals surface area contributed by atoms with Crippen LogP contribution in [0.15, 0.2) is 0 Å². The minimum absolute atomic E-state index is 0.407. The quantitative estimate of drug-likeness (QED) is 0.668. The summed E-state index contributed by atoms with van der Waals surface area (Å²) in [5.41, 5.74) is 0. The molecule has 0 heterocycles. The monoisotopic (exact) mass is 190 g/mol. The van der Waals surface area contributed by atoms with E-state index >= 15 is 0 Å². The third kappa shape index (κ3) is 3.05. The second-order valence-electron chi connectivity index (χ2n) is 3.97. The molecule has 0 aliphatic heterocycles. The van der Waals surface area contributed by atoms with E-state index in [1.807, 2.05) is 0 Å². The van der Waals surface area contributed by atoms with Crippen LogP contribution in [0, 0.1) is 5.92 Å². The van der Waals surface area contributed by atoms with Crippen LogP contribution in [0.3, 0.4) is 0 Å². The highest BCUT2D eigenvalue weighted by Gasteiger charge is 2.40. The zero-order chi connectivity index (χ0) is 9.90. The topological polar surface area (TPSA) is 17.1 Å². The molecule has 13 heavy (non-hydrogen) atoms. The van der Waals surface area contributed by atoms with E-state index in [-0.39, 0.29) is 0 Å². The standard InChI is InChI=1S/C10H16F2O/c1-8(13)7-10(11,12)9-5-3-2-4-6-9/h9H,2-7H2,1H3. The second-order valence-corrected chi connectivity index (χ2v) is 3.97. The summed E-state index contributed by atoms with van der Waals surface area (Å²) < 4.78 is 26.7. The van der Waals surface area contributed by atoms with E-state index in [4.69, 9.17) is 0 Å². The molecule has 0 bridgehead atoms. The third-order valence-corrected chi connectivity index (χ3v) is 2.69. The third-order valence-electron chi connectivity index (χ3n) is 2.69. The summed E-state index contributed by atoms with van der Waals surface area (Å²) in [5.74, 6) is -3.72. The fourth-order valence-electron chi connectivity index (χ4n) is 2.00. The Morgan fingerprint density at radius 3 is 2.31 bits per heavy atom. The molecule has 1 aliphatic carbocycles. The SMILES string of the molecule is CC(=O)CC(F)(F)C1CCCCC1. The molecular weight excluding hydrogens is 174 g/mol. The molecule has 1 saturated carbocycles. The fraction of sp³-hybridized carbons (Fsp3) is 0.900. The predicted molar refractivity (Wildman–Crippen MR) is 46.8 cm³/mol. The molecule has 0 aromatic carbocycles. The molecule has 0 unspecified atom stereocenters. The van der Waals surface area contributed by atoms with Crippen molar-refractivity contribution in [2.75, 3.05) is 0 Å². The van der Waals surface area contributed by atoms with Gasteiger partial charge in [-0.05, 0) is 19.8 Å². The van der Waals surface area contributed by atoms with Gasteiger partial charge in [0, 0.05) is 5.92 Å². The number of carbonyl (C=O) groups is 1. The number of Topliss-reactive ketones (excluding diaryl/α,β-unsaturated/α-hetero) is 1. The molecule has 1 aliphatic rings. The van der Waals surface area contributed by atoms with Gasteiger partial charge in [0.15, 0.2) is 0 Å². The lowest BCUT2D eigenvalue weighted by Crippen LogP contribution is -2.32. The lowest BCUT2D eigenvalue weighted by Gasteiger charge is -2.29. The lowest BCUT2D eigenvalue weighted by atomic mass is 9.83. The van der Waals surface area contributed by atoms with Crippen LogP contribution in [0.1, 0.15) is 45.4 Å². The minimum atomic E-state index is -2.76. The number of ketones is 1. The van der Waals surface area contributed by atoms with Crippen LogP contribution in [0.25, 0.3) is 0 Å². The van der Waals surface area contributed by atoms with Crippen molar-refractivity contribution >= 4 is 5.78 Å². The van der Waals surface area contributed by atoms with Gasteiger partial charge < -0.3 is 0 Å². The summed E-state index contributed by atoms with van der Waals surface area (Å²) in [7, 11) is 0. The second kappa shape index (κ2) is 4.16. The number of halogens is 2. The van der Waals surface area contributed by atoms with Gasteiger partial charge in [-0.25, -0.2) is 8.78 Å². The van der Waals surface area contributed by atoms with Crippen molar-refractivity contribution < 1.29 is 13.6 Å². The first-order chi connectivity index (χ1) is 6.02. The van der Waals surface area contributed by atoms with Crippen LogP contribution >= 0.6 is 0 Å². The normalized spacial score (nSPS) is 20.2. The van der Waals surface area contributed by atoms with Gasteiger partial charge in [-0.2, -0.15) is 0 Å². The van der Waals surface area contributed by atoms with E-state index in [2.05, 4.69) is 0 Å². The summed E-state index contributed by atoms with van der Waals surface area (Å²) in [6, 6.07) is 0. The number of carbonyl (C=O) groups excluding carboxylic acids is 1. The van der Waals surface area contributed by atoms with E-state index in [0.29, 0.717) is 12.8 Å². The zero-order valence-corrected chi connectivity index (χ0v) is 7.98. The largest absolute Gasteiger partial charge is 0.300 e. The summed E-state index contributed by atoms with van der Waals surface area (Å²) in [4.78, 5) is 10.6. The highest BCUT2D eigenvalue weighted by atomic mass is 19.3. The Morgan fingerprint density at radius 2 is 1.85 bits per heavy atom. The van der Waals surface area contributed by atoms with E-state index in [0.717, 1.165) is 19.3 Å². The average Bonchev–Trinajstić information content (AvgIpc) is 2.04. The van der Waals surface area contributed by atoms with E-state index < -0.39 is 24.0 Å². The van der Waals surface area contributed by atoms with Crippen molar-refractivity contribution in [1.29, 1.82) is 0 Å². The van der Waals surface area contributed by atoms with Crippen LogP contribution in [0.4, 0.5) is 8.78 Å². The molecule has 1 rings (SSSR count). The van der Waals surface area contributed by atoms with E-state index in [1.54, 1.807) is 0 Å². The smallest absolute Gasteiger partial charge is 0.257 e.